The lowest BCUT2D eigenvalue weighted by Crippen LogP contribution is -2.42. The normalized spacial score (nSPS) is 31.5. The number of imidazole rings is 1. The molecule has 9 nitrogen and oxygen atoms in total. The van der Waals surface area contributed by atoms with Crippen LogP contribution >= 0.6 is 0 Å². The van der Waals surface area contributed by atoms with Crippen molar-refractivity contribution >= 4 is 17.1 Å². The Labute approximate surface area is 122 Å². The number of nitrogens with one attached hydrogen (secondary N) is 1. The van der Waals surface area contributed by atoms with Crippen LogP contribution in [0, 0.1) is 12.3 Å². The maximum atomic E-state index is 14.9. The van der Waals surface area contributed by atoms with Gasteiger partial charge in [-0.25, -0.2) is 9.37 Å². The maximum absolute atomic E-state index is 14.9. The number of fused-ring (bicyclic) bond motifs is 1. The molecule has 1 aliphatic rings. The molecule has 0 spiro atoms. The first-order chi connectivity index (χ1) is 10.4. The number of aromatic nitrogens is 4. The highest BCUT2D eigenvalue weighted by atomic mass is 19.1. The fourth-order valence-electron chi connectivity index (χ4n) is 2.44. The van der Waals surface area contributed by atoms with E-state index in [-0.39, 0.29) is 17.1 Å². The molecule has 1 aliphatic heterocycles. The van der Waals surface area contributed by atoms with Crippen LogP contribution in [0.3, 0.4) is 0 Å². The zero-order chi connectivity index (χ0) is 16.1. The molecule has 0 aliphatic carbocycles. The number of H-pyrrole nitrogens is 1. The van der Waals surface area contributed by atoms with E-state index in [4.69, 9.17) is 22.0 Å². The largest absolute Gasteiger partial charge is 0.394 e. The number of nitrogens with zero attached hydrogens (tertiary/aromatic N) is 3. The predicted octanol–water partition coefficient (Wildman–Crippen LogP) is -1.71. The van der Waals surface area contributed by atoms with Gasteiger partial charge in [0.1, 0.15) is 12.2 Å². The summed E-state index contributed by atoms with van der Waals surface area (Å²) in [7, 11) is 0. The zero-order valence-electron chi connectivity index (χ0n) is 11.1. The smallest absolute Gasteiger partial charge is 0.280 e. The van der Waals surface area contributed by atoms with Crippen molar-refractivity contribution in [1.29, 1.82) is 0 Å². The fourth-order valence-corrected chi connectivity index (χ4v) is 2.44. The Bertz CT molecular complexity index is 827. The molecular formula is C12H12FN5O4. The van der Waals surface area contributed by atoms with Gasteiger partial charge in [-0.05, 0) is 0 Å². The van der Waals surface area contributed by atoms with Crippen LogP contribution in [0.15, 0.2) is 11.1 Å². The van der Waals surface area contributed by atoms with E-state index in [1.807, 2.05) is 5.92 Å². The lowest BCUT2D eigenvalue weighted by atomic mass is 9.97. The summed E-state index contributed by atoms with van der Waals surface area (Å²) in [5.74, 6) is 1.65. The van der Waals surface area contributed by atoms with Crippen LogP contribution < -0.4 is 11.3 Å². The van der Waals surface area contributed by atoms with Crippen LogP contribution in [0.5, 0.6) is 0 Å². The molecule has 0 unspecified atom stereocenters. The van der Waals surface area contributed by atoms with Crippen molar-refractivity contribution in [3.63, 3.8) is 0 Å². The quantitative estimate of drug-likeness (QED) is 0.484. The van der Waals surface area contributed by atoms with E-state index in [0.717, 1.165) is 10.9 Å². The Kier molecular flexibility index (Phi) is 3.13. The summed E-state index contributed by atoms with van der Waals surface area (Å²) in [6, 6.07) is 0. The van der Waals surface area contributed by atoms with Gasteiger partial charge in [-0.15, -0.1) is 6.42 Å². The van der Waals surface area contributed by atoms with Crippen molar-refractivity contribution in [2.45, 2.75) is 24.1 Å². The Balaban J connectivity index is 2.19. The van der Waals surface area contributed by atoms with Crippen molar-refractivity contribution in [3.8, 4) is 12.3 Å². The highest BCUT2D eigenvalue weighted by Crippen LogP contribution is 2.41. The van der Waals surface area contributed by atoms with E-state index in [1.165, 1.54) is 0 Å². The number of nitrogens with two attached hydrogens (primary N) is 1. The molecular weight excluding hydrogens is 297 g/mol. The number of hydrogen-bond donors (Lipinski definition) is 4. The molecule has 116 valence electrons. The lowest BCUT2D eigenvalue weighted by Gasteiger charge is -2.23. The van der Waals surface area contributed by atoms with E-state index in [0.29, 0.717) is 0 Å². The molecule has 5 N–H and O–H groups in total. The summed E-state index contributed by atoms with van der Waals surface area (Å²) in [4.78, 5) is 21.7. The Morgan fingerprint density at radius 2 is 2.41 bits per heavy atom. The number of aromatic amines is 1. The second-order valence-electron chi connectivity index (χ2n) is 4.84. The number of terminal acetylenes is 1. The molecule has 10 heteroatoms. The van der Waals surface area contributed by atoms with Crippen LogP contribution in [0.4, 0.5) is 10.3 Å². The van der Waals surface area contributed by atoms with Gasteiger partial charge in [0.05, 0.1) is 12.9 Å². The van der Waals surface area contributed by atoms with Crippen molar-refractivity contribution in [2.24, 2.45) is 0 Å². The molecule has 0 bridgehead atoms. The maximum Gasteiger partial charge on any atom is 0.280 e. The molecule has 0 amide bonds. The molecule has 1 saturated heterocycles. The number of alkyl halides is 1. The Hall–Kier alpha value is -2.48. The highest BCUT2D eigenvalue weighted by Gasteiger charge is 2.57. The average Bonchev–Trinajstić information content (AvgIpc) is 3.00. The number of anilines is 1. The van der Waals surface area contributed by atoms with Gasteiger partial charge in [0.15, 0.2) is 17.4 Å². The van der Waals surface area contributed by atoms with Crippen LogP contribution in [-0.4, -0.2) is 54.2 Å². The third-order valence-electron chi connectivity index (χ3n) is 3.55. The highest BCUT2D eigenvalue weighted by molar-refractivity contribution is 5.70. The third-order valence-corrected chi connectivity index (χ3v) is 3.55. The second-order valence-corrected chi connectivity index (χ2v) is 4.84. The van der Waals surface area contributed by atoms with E-state index in [2.05, 4.69) is 15.0 Å². The summed E-state index contributed by atoms with van der Waals surface area (Å²) in [5.41, 5.74) is 2.10. The van der Waals surface area contributed by atoms with Crippen molar-refractivity contribution < 1.29 is 19.3 Å². The van der Waals surface area contributed by atoms with Gasteiger partial charge < -0.3 is 20.7 Å². The molecule has 4 atom stereocenters. The molecule has 2 aromatic rings. The minimum Gasteiger partial charge on any atom is -0.394 e. The predicted molar refractivity (Wildman–Crippen MR) is 72.2 cm³/mol. The van der Waals surface area contributed by atoms with Gasteiger partial charge in [0.2, 0.25) is 11.6 Å². The molecule has 0 radical (unpaired) electrons. The number of hydrogen-bond acceptors (Lipinski definition) is 7. The number of halogens is 1. The molecule has 3 heterocycles. The number of nitrogen functional groups attached to an aromatic ring is 1. The summed E-state index contributed by atoms with van der Waals surface area (Å²) >= 11 is 0. The Morgan fingerprint density at radius 1 is 1.68 bits per heavy atom. The van der Waals surface area contributed by atoms with Crippen molar-refractivity contribution in [1.82, 2.24) is 19.5 Å². The summed E-state index contributed by atoms with van der Waals surface area (Å²) in [6.07, 6.45) is 1.81. The van der Waals surface area contributed by atoms with Gasteiger partial charge in [0, 0.05) is 0 Å². The zero-order valence-corrected chi connectivity index (χ0v) is 11.1. The number of aliphatic hydroxyl groups excluding tert-OH is 2. The van der Waals surface area contributed by atoms with Gasteiger partial charge >= 0.3 is 0 Å². The summed E-state index contributed by atoms with van der Waals surface area (Å²) in [6.45, 7) is -0.631. The standard InChI is InChI=1S/C12H12FN5O4/c1-2-12(13)7(20)5(3-19)22-10(12)18-4-15-6-8(18)16-11(14)17-9(6)21/h1,4-5,7,10,19-20H,3H2,(H3,14,16,17,21)/t5-,7-,10+,12-/m1/s1. The molecule has 2 aromatic heterocycles. The van der Waals surface area contributed by atoms with Gasteiger partial charge in [0.25, 0.3) is 5.56 Å². The lowest BCUT2D eigenvalue weighted by molar-refractivity contribution is -0.0504. The topological polar surface area (TPSA) is 139 Å². The fraction of sp³-hybridized carbons (Fsp3) is 0.417. The molecule has 22 heavy (non-hydrogen) atoms. The van der Waals surface area contributed by atoms with Gasteiger partial charge in [-0.2, -0.15) is 4.98 Å². The minimum atomic E-state index is -2.62. The van der Waals surface area contributed by atoms with Gasteiger partial charge in [-0.3, -0.25) is 14.3 Å². The number of aliphatic hydroxyl groups is 2. The van der Waals surface area contributed by atoms with Crippen LogP contribution in [0.1, 0.15) is 6.23 Å². The Morgan fingerprint density at radius 3 is 3.05 bits per heavy atom. The van der Waals surface area contributed by atoms with Crippen molar-refractivity contribution in [3.05, 3.63) is 16.7 Å². The molecule has 0 aromatic carbocycles. The molecule has 3 rings (SSSR count). The van der Waals surface area contributed by atoms with E-state index < -0.39 is 36.3 Å². The summed E-state index contributed by atoms with van der Waals surface area (Å²) in [5, 5.41) is 19.1. The first kappa shape index (κ1) is 14.5. The second kappa shape index (κ2) is 4.77. The SMILES string of the molecule is C#C[C@@]1(F)[C@H](O)[C@@H](CO)O[C@@H]1n1cnc2c(=O)[nH]c(N)nc21. The minimum absolute atomic E-state index is 0.0469. The number of rotatable bonds is 2. The first-order valence-corrected chi connectivity index (χ1v) is 6.25. The van der Waals surface area contributed by atoms with Crippen LogP contribution in [-0.2, 0) is 4.74 Å². The first-order valence-electron chi connectivity index (χ1n) is 6.25. The van der Waals surface area contributed by atoms with E-state index in [1.54, 1.807) is 0 Å². The molecule has 0 saturated carbocycles. The summed E-state index contributed by atoms with van der Waals surface area (Å²) < 4.78 is 21.3. The van der Waals surface area contributed by atoms with E-state index in [9.17, 15) is 14.3 Å². The molecule has 1 fully saturated rings. The average molecular weight is 309 g/mol. The van der Waals surface area contributed by atoms with Gasteiger partial charge in [-0.1, -0.05) is 5.92 Å². The third kappa shape index (κ3) is 1.80. The van der Waals surface area contributed by atoms with E-state index >= 15 is 0 Å². The monoisotopic (exact) mass is 309 g/mol. The van der Waals surface area contributed by atoms with Crippen LogP contribution in [0.2, 0.25) is 0 Å². The van der Waals surface area contributed by atoms with Crippen molar-refractivity contribution in [2.75, 3.05) is 12.3 Å². The number of ether oxygens (including phenoxy) is 1. The van der Waals surface area contributed by atoms with Crippen LogP contribution in [0.25, 0.3) is 11.2 Å².